The maximum Gasteiger partial charge on any atom is -0.0303 e. The topological polar surface area (TPSA) is 0 Å². The minimum absolute atomic E-state index is 0.520. The van der Waals surface area contributed by atoms with Crippen LogP contribution in [0.5, 0.6) is 0 Å². The van der Waals surface area contributed by atoms with Crippen molar-refractivity contribution in [3.05, 3.63) is 0 Å². The molecule has 1 aliphatic carbocycles. The zero-order valence-corrected chi connectivity index (χ0v) is 12.1. The average molecular weight is 224 g/mol. The summed E-state index contributed by atoms with van der Waals surface area (Å²) in [5, 5.41) is 0. The first kappa shape index (κ1) is 14.1. The van der Waals surface area contributed by atoms with E-state index in [1.807, 2.05) is 0 Å². The van der Waals surface area contributed by atoms with Gasteiger partial charge in [-0.1, -0.05) is 79.1 Å². The van der Waals surface area contributed by atoms with Gasteiger partial charge in [0.2, 0.25) is 0 Å². The summed E-state index contributed by atoms with van der Waals surface area (Å²) in [6.07, 6.45) is 14.5. The van der Waals surface area contributed by atoms with Crippen molar-refractivity contribution < 1.29 is 0 Å². The van der Waals surface area contributed by atoms with Crippen LogP contribution < -0.4 is 0 Å². The monoisotopic (exact) mass is 224 g/mol. The molecule has 0 radical (unpaired) electrons. The van der Waals surface area contributed by atoms with Gasteiger partial charge in [-0.25, -0.2) is 0 Å². The van der Waals surface area contributed by atoms with Crippen LogP contribution in [0.15, 0.2) is 0 Å². The SMILES string of the molecule is CC1(C)CCCCCCCCCCC1(C)C. The summed E-state index contributed by atoms with van der Waals surface area (Å²) >= 11 is 0. The lowest BCUT2D eigenvalue weighted by Gasteiger charge is -2.42. The molecule has 0 amide bonds. The van der Waals surface area contributed by atoms with Gasteiger partial charge in [-0.15, -0.1) is 0 Å². The second-order valence-electron chi connectivity index (χ2n) is 7.10. The molecule has 0 aromatic heterocycles. The third-order valence-electron chi connectivity index (χ3n) is 5.19. The average Bonchev–Trinajstić information content (AvgIpc) is 2.19. The molecule has 0 heterocycles. The highest BCUT2D eigenvalue weighted by molar-refractivity contribution is 4.86. The van der Waals surface area contributed by atoms with Crippen molar-refractivity contribution in [1.29, 1.82) is 0 Å². The van der Waals surface area contributed by atoms with Crippen LogP contribution in [0.1, 0.15) is 91.9 Å². The van der Waals surface area contributed by atoms with Gasteiger partial charge in [0, 0.05) is 0 Å². The van der Waals surface area contributed by atoms with Crippen LogP contribution in [0.3, 0.4) is 0 Å². The Hall–Kier alpha value is 0. The summed E-state index contributed by atoms with van der Waals surface area (Å²) < 4.78 is 0. The zero-order chi connectivity index (χ0) is 12.1. The summed E-state index contributed by atoms with van der Waals surface area (Å²) in [5.41, 5.74) is 1.04. The fraction of sp³-hybridized carbons (Fsp3) is 1.00. The van der Waals surface area contributed by atoms with E-state index in [4.69, 9.17) is 0 Å². The standard InChI is InChI=1S/C16H32/c1-15(2)13-11-9-7-5-6-8-10-12-14-16(15,3)4/h5-14H2,1-4H3. The lowest BCUT2D eigenvalue weighted by molar-refractivity contribution is 0.0807. The second kappa shape index (κ2) is 6.07. The van der Waals surface area contributed by atoms with E-state index in [-0.39, 0.29) is 0 Å². The largest absolute Gasteiger partial charge is 0.0594 e. The van der Waals surface area contributed by atoms with E-state index in [1.165, 1.54) is 64.2 Å². The third-order valence-corrected chi connectivity index (χ3v) is 5.19. The molecular formula is C16H32. The molecule has 0 saturated heterocycles. The molecular weight excluding hydrogens is 192 g/mol. The maximum atomic E-state index is 2.48. The molecule has 0 aromatic rings. The fourth-order valence-corrected chi connectivity index (χ4v) is 2.87. The molecule has 0 N–H and O–H groups in total. The Bertz CT molecular complexity index is 166. The van der Waals surface area contributed by atoms with Crippen molar-refractivity contribution in [2.75, 3.05) is 0 Å². The molecule has 0 aromatic carbocycles. The van der Waals surface area contributed by atoms with E-state index in [1.54, 1.807) is 0 Å². The van der Waals surface area contributed by atoms with E-state index < -0.39 is 0 Å². The van der Waals surface area contributed by atoms with Crippen LogP contribution in [0.4, 0.5) is 0 Å². The summed E-state index contributed by atoms with van der Waals surface area (Å²) in [4.78, 5) is 0. The molecule has 0 heteroatoms. The molecule has 0 spiro atoms. The Balaban J connectivity index is 2.54. The summed E-state index contributed by atoms with van der Waals surface area (Å²) in [6, 6.07) is 0. The highest BCUT2D eigenvalue weighted by atomic mass is 14.4. The first-order valence-corrected chi connectivity index (χ1v) is 7.46. The molecule has 1 saturated carbocycles. The van der Waals surface area contributed by atoms with E-state index in [0.717, 1.165) is 0 Å². The van der Waals surface area contributed by atoms with E-state index in [9.17, 15) is 0 Å². The molecule has 1 aliphatic rings. The molecule has 1 fully saturated rings. The molecule has 1 rings (SSSR count). The highest BCUT2D eigenvalue weighted by Gasteiger charge is 2.35. The number of hydrogen-bond donors (Lipinski definition) is 0. The molecule has 0 unspecified atom stereocenters. The Kier molecular flexibility index (Phi) is 5.34. The molecule has 0 nitrogen and oxygen atoms in total. The fourth-order valence-electron chi connectivity index (χ4n) is 2.87. The van der Waals surface area contributed by atoms with E-state index >= 15 is 0 Å². The van der Waals surface area contributed by atoms with Gasteiger partial charge in [0.1, 0.15) is 0 Å². The van der Waals surface area contributed by atoms with Crippen LogP contribution in [0.25, 0.3) is 0 Å². The maximum absolute atomic E-state index is 2.48. The Labute approximate surface area is 103 Å². The van der Waals surface area contributed by atoms with E-state index in [0.29, 0.717) is 10.8 Å². The van der Waals surface area contributed by atoms with E-state index in [2.05, 4.69) is 27.7 Å². The molecule has 0 bridgehead atoms. The second-order valence-corrected chi connectivity index (χ2v) is 7.10. The molecule has 0 atom stereocenters. The first-order valence-electron chi connectivity index (χ1n) is 7.46. The minimum atomic E-state index is 0.520. The van der Waals surface area contributed by atoms with Gasteiger partial charge in [0.15, 0.2) is 0 Å². The van der Waals surface area contributed by atoms with Gasteiger partial charge >= 0.3 is 0 Å². The van der Waals surface area contributed by atoms with Crippen molar-refractivity contribution in [3.63, 3.8) is 0 Å². The zero-order valence-electron chi connectivity index (χ0n) is 12.1. The van der Waals surface area contributed by atoms with Crippen LogP contribution in [0.2, 0.25) is 0 Å². The van der Waals surface area contributed by atoms with Crippen LogP contribution in [-0.2, 0) is 0 Å². The number of hydrogen-bond acceptors (Lipinski definition) is 0. The summed E-state index contributed by atoms with van der Waals surface area (Å²) in [5.74, 6) is 0. The quantitative estimate of drug-likeness (QED) is 0.476. The Morgan fingerprint density at radius 1 is 0.438 bits per heavy atom. The van der Waals surface area contributed by atoms with Gasteiger partial charge in [-0.3, -0.25) is 0 Å². The molecule has 96 valence electrons. The van der Waals surface area contributed by atoms with Crippen LogP contribution in [-0.4, -0.2) is 0 Å². The normalized spacial score (nSPS) is 27.8. The van der Waals surface area contributed by atoms with Gasteiger partial charge in [0.05, 0.1) is 0 Å². The van der Waals surface area contributed by atoms with Gasteiger partial charge in [-0.05, 0) is 23.7 Å². The predicted octanol–water partition coefficient (Wildman–Crippen LogP) is 5.95. The van der Waals surface area contributed by atoms with Crippen molar-refractivity contribution >= 4 is 0 Å². The first-order chi connectivity index (χ1) is 7.46. The molecule has 0 aliphatic heterocycles. The lowest BCUT2D eigenvalue weighted by atomic mass is 9.63. The highest BCUT2D eigenvalue weighted by Crippen LogP contribution is 2.46. The third kappa shape index (κ3) is 4.11. The van der Waals surface area contributed by atoms with Crippen molar-refractivity contribution in [1.82, 2.24) is 0 Å². The minimum Gasteiger partial charge on any atom is -0.0594 e. The van der Waals surface area contributed by atoms with Gasteiger partial charge < -0.3 is 0 Å². The Morgan fingerprint density at radius 2 is 0.688 bits per heavy atom. The molecule has 16 heavy (non-hydrogen) atoms. The smallest absolute Gasteiger partial charge is 0.0303 e. The Morgan fingerprint density at radius 3 is 1.00 bits per heavy atom. The van der Waals surface area contributed by atoms with Crippen molar-refractivity contribution in [2.45, 2.75) is 91.9 Å². The van der Waals surface area contributed by atoms with Gasteiger partial charge in [0.25, 0.3) is 0 Å². The van der Waals surface area contributed by atoms with Crippen molar-refractivity contribution in [3.8, 4) is 0 Å². The summed E-state index contributed by atoms with van der Waals surface area (Å²) in [7, 11) is 0. The van der Waals surface area contributed by atoms with Gasteiger partial charge in [-0.2, -0.15) is 0 Å². The predicted molar refractivity (Wildman–Crippen MR) is 73.7 cm³/mol. The number of rotatable bonds is 0. The lowest BCUT2D eigenvalue weighted by Crippen LogP contribution is -2.32. The van der Waals surface area contributed by atoms with Crippen LogP contribution in [0, 0.1) is 10.8 Å². The summed E-state index contributed by atoms with van der Waals surface area (Å²) in [6.45, 7) is 9.94. The van der Waals surface area contributed by atoms with Crippen LogP contribution >= 0.6 is 0 Å². The van der Waals surface area contributed by atoms with Crippen molar-refractivity contribution in [2.24, 2.45) is 10.8 Å².